The van der Waals surface area contributed by atoms with Crippen LogP contribution in [0, 0.1) is 5.82 Å². The molecule has 0 saturated carbocycles. The lowest BCUT2D eigenvalue weighted by molar-refractivity contribution is 0.628. The van der Waals surface area contributed by atoms with Gasteiger partial charge in [-0.05, 0) is 35.9 Å². The van der Waals surface area contributed by atoms with E-state index in [1.165, 1.54) is 12.1 Å². The second-order valence-corrected chi connectivity index (χ2v) is 6.12. The molecule has 4 nitrogen and oxygen atoms in total. The average Bonchev–Trinajstić information content (AvgIpc) is 2.75. The lowest BCUT2D eigenvalue weighted by atomic mass is 10.1. The van der Waals surface area contributed by atoms with Gasteiger partial charge in [0.05, 0.1) is 17.6 Å². The Morgan fingerprint density at radius 2 is 1.29 bits per heavy atom. The Hall–Kier alpha value is -3.86. The molecule has 3 aromatic carbocycles. The first-order chi connectivity index (χ1) is 13.8. The maximum absolute atomic E-state index is 13.3. The Morgan fingerprint density at radius 1 is 0.714 bits per heavy atom. The fourth-order valence-electron chi connectivity index (χ4n) is 2.73. The maximum atomic E-state index is 13.3. The van der Waals surface area contributed by atoms with Crippen LogP contribution >= 0.6 is 0 Å². The van der Waals surface area contributed by atoms with Crippen molar-refractivity contribution < 1.29 is 4.39 Å². The molecular weight excluding hydrogens is 351 g/mol. The number of aromatic nitrogens is 2. The zero-order chi connectivity index (χ0) is 19.2. The van der Waals surface area contributed by atoms with Crippen molar-refractivity contribution in [3.8, 4) is 22.5 Å². The number of benzene rings is 3. The molecule has 0 saturated heterocycles. The van der Waals surface area contributed by atoms with Crippen LogP contribution in [0.15, 0.2) is 96.1 Å². The fourth-order valence-corrected chi connectivity index (χ4v) is 2.73. The van der Waals surface area contributed by atoms with Crippen LogP contribution in [0.1, 0.15) is 5.56 Å². The van der Waals surface area contributed by atoms with Crippen molar-refractivity contribution in [2.75, 3.05) is 5.43 Å². The molecule has 4 rings (SSSR count). The Kier molecular flexibility index (Phi) is 5.15. The second-order valence-electron chi connectivity index (χ2n) is 6.12. The number of hydrazone groups is 1. The molecule has 0 atom stereocenters. The van der Waals surface area contributed by atoms with Gasteiger partial charge in [-0.15, -0.1) is 0 Å². The van der Waals surface area contributed by atoms with Crippen molar-refractivity contribution in [2.45, 2.75) is 0 Å². The van der Waals surface area contributed by atoms with Gasteiger partial charge in [0, 0.05) is 11.1 Å². The minimum atomic E-state index is -0.285. The molecule has 1 N–H and O–H groups in total. The summed E-state index contributed by atoms with van der Waals surface area (Å²) in [4.78, 5) is 9.10. The first-order valence-corrected chi connectivity index (χ1v) is 8.82. The average molecular weight is 368 g/mol. The van der Waals surface area contributed by atoms with E-state index >= 15 is 0 Å². The fraction of sp³-hybridized carbons (Fsp3) is 0. The SMILES string of the molecule is Fc1ccc(-c2cc(-c3ccccc3)nc(N/N=C\c3ccccc3)n2)cc1. The Labute approximate surface area is 162 Å². The molecule has 0 fully saturated rings. The van der Waals surface area contributed by atoms with Crippen molar-refractivity contribution in [1.29, 1.82) is 0 Å². The third kappa shape index (κ3) is 4.27. The molecule has 136 valence electrons. The van der Waals surface area contributed by atoms with E-state index < -0.39 is 0 Å². The van der Waals surface area contributed by atoms with Gasteiger partial charge < -0.3 is 0 Å². The van der Waals surface area contributed by atoms with Gasteiger partial charge in [0.1, 0.15) is 5.82 Å². The van der Waals surface area contributed by atoms with E-state index in [-0.39, 0.29) is 5.82 Å². The van der Waals surface area contributed by atoms with Gasteiger partial charge in [0.2, 0.25) is 5.95 Å². The van der Waals surface area contributed by atoms with Crippen LogP contribution in [0.5, 0.6) is 0 Å². The van der Waals surface area contributed by atoms with Gasteiger partial charge in [-0.2, -0.15) is 5.10 Å². The monoisotopic (exact) mass is 368 g/mol. The number of hydrogen-bond acceptors (Lipinski definition) is 4. The Balaban J connectivity index is 1.69. The molecule has 0 spiro atoms. The highest BCUT2D eigenvalue weighted by molar-refractivity contribution is 5.80. The smallest absolute Gasteiger partial charge is 0.244 e. The summed E-state index contributed by atoms with van der Waals surface area (Å²) in [6.45, 7) is 0. The molecule has 5 heteroatoms. The van der Waals surface area contributed by atoms with Crippen molar-refractivity contribution in [2.24, 2.45) is 5.10 Å². The number of rotatable bonds is 5. The molecular formula is C23H17FN4. The van der Waals surface area contributed by atoms with Crippen LogP contribution in [-0.4, -0.2) is 16.2 Å². The van der Waals surface area contributed by atoms with Crippen molar-refractivity contribution in [3.63, 3.8) is 0 Å². The van der Waals surface area contributed by atoms with Crippen LogP contribution in [0.4, 0.5) is 10.3 Å². The summed E-state index contributed by atoms with van der Waals surface area (Å²) in [5.41, 5.74) is 7.07. The lowest BCUT2D eigenvalue weighted by Crippen LogP contribution is -2.00. The summed E-state index contributed by atoms with van der Waals surface area (Å²) in [7, 11) is 0. The summed E-state index contributed by atoms with van der Waals surface area (Å²) in [5.74, 6) is 0.0831. The minimum Gasteiger partial charge on any atom is -0.245 e. The molecule has 0 amide bonds. The molecule has 0 aliphatic heterocycles. The minimum absolute atomic E-state index is 0.285. The predicted molar refractivity (Wildman–Crippen MR) is 111 cm³/mol. The van der Waals surface area contributed by atoms with Crippen LogP contribution in [0.3, 0.4) is 0 Å². The van der Waals surface area contributed by atoms with Crippen molar-refractivity contribution in [3.05, 3.63) is 102 Å². The third-order valence-corrected chi connectivity index (χ3v) is 4.11. The molecule has 1 aromatic heterocycles. The zero-order valence-electron chi connectivity index (χ0n) is 15.0. The molecule has 0 aliphatic carbocycles. The first kappa shape index (κ1) is 17.5. The van der Waals surface area contributed by atoms with Gasteiger partial charge in [-0.3, -0.25) is 0 Å². The molecule has 1 heterocycles. The zero-order valence-corrected chi connectivity index (χ0v) is 15.0. The van der Waals surface area contributed by atoms with Gasteiger partial charge in [0.25, 0.3) is 0 Å². The summed E-state index contributed by atoms with van der Waals surface area (Å²) < 4.78 is 13.3. The van der Waals surface area contributed by atoms with Crippen molar-refractivity contribution >= 4 is 12.2 Å². The normalized spacial score (nSPS) is 10.9. The van der Waals surface area contributed by atoms with Crippen molar-refractivity contribution in [1.82, 2.24) is 9.97 Å². The molecule has 0 aliphatic rings. The van der Waals surface area contributed by atoms with Gasteiger partial charge in [-0.1, -0.05) is 60.7 Å². The molecule has 0 unspecified atom stereocenters. The standard InChI is InChI=1S/C23H17FN4/c24-20-13-11-19(12-14-20)22-15-21(18-9-5-2-6-10-18)26-23(27-22)28-25-16-17-7-3-1-4-8-17/h1-16H,(H,26,27,28)/b25-16-. The maximum Gasteiger partial charge on any atom is 0.244 e. The van der Waals surface area contributed by atoms with E-state index in [0.29, 0.717) is 11.6 Å². The topological polar surface area (TPSA) is 50.2 Å². The predicted octanol–water partition coefficient (Wildman–Crippen LogP) is 5.40. The lowest BCUT2D eigenvalue weighted by Gasteiger charge is -2.08. The number of halogens is 1. The molecule has 4 aromatic rings. The number of nitrogens with zero attached hydrogens (tertiary/aromatic N) is 3. The highest BCUT2D eigenvalue weighted by Gasteiger charge is 2.08. The van der Waals surface area contributed by atoms with E-state index in [1.807, 2.05) is 66.7 Å². The largest absolute Gasteiger partial charge is 0.245 e. The van der Waals surface area contributed by atoms with Crippen LogP contribution in [-0.2, 0) is 0 Å². The first-order valence-electron chi connectivity index (χ1n) is 8.82. The van der Waals surface area contributed by atoms with Gasteiger partial charge in [-0.25, -0.2) is 19.8 Å². The molecule has 0 radical (unpaired) electrons. The van der Waals surface area contributed by atoms with E-state index in [2.05, 4.69) is 20.5 Å². The van der Waals surface area contributed by atoms with Gasteiger partial charge in [0.15, 0.2) is 0 Å². The third-order valence-electron chi connectivity index (χ3n) is 4.11. The van der Waals surface area contributed by atoms with E-state index in [0.717, 1.165) is 22.4 Å². The van der Waals surface area contributed by atoms with Gasteiger partial charge >= 0.3 is 0 Å². The second kappa shape index (κ2) is 8.22. The van der Waals surface area contributed by atoms with E-state index in [1.54, 1.807) is 18.3 Å². The Morgan fingerprint density at radius 3 is 1.93 bits per heavy atom. The van der Waals surface area contributed by atoms with Crippen LogP contribution in [0.2, 0.25) is 0 Å². The van der Waals surface area contributed by atoms with Crippen LogP contribution in [0.25, 0.3) is 22.5 Å². The summed E-state index contributed by atoms with van der Waals surface area (Å²) in [6.07, 6.45) is 1.70. The summed E-state index contributed by atoms with van der Waals surface area (Å²) in [5, 5.41) is 4.24. The quantitative estimate of drug-likeness (QED) is 0.379. The summed E-state index contributed by atoms with van der Waals surface area (Å²) >= 11 is 0. The molecule has 0 bridgehead atoms. The number of anilines is 1. The Bertz CT molecular complexity index is 1080. The summed E-state index contributed by atoms with van der Waals surface area (Å²) in [6, 6.07) is 27.7. The number of hydrogen-bond donors (Lipinski definition) is 1. The molecule has 28 heavy (non-hydrogen) atoms. The van der Waals surface area contributed by atoms with E-state index in [4.69, 9.17) is 0 Å². The van der Waals surface area contributed by atoms with E-state index in [9.17, 15) is 4.39 Å². The highest BCUT2D eigenvalue weighted by atomic mass is 19.1. The van der Waals surface area contributed by atoms with Crippen LogP contribution < -0.4 is 5.43 Å². The highest BCUT2D eigenvalue weighted by Crippen LogP contribution is 2.25. The number of nitrogens with one attached hydrogen (secondary N) is 1.